The fourth-order valence-electron chi connectivity index (χ4n) is 6.18. The van der Waals surface area contributed by atoms with Crippen LogP contribution in [0.15, 0.2) is 12.3 Å². The maximum atomic E-state index is 12.8. The second-order valence-electron chi connectivity index (χ2n) is 10.0. The molecule has 2 aliphatic carbocycles. The molecule has 4 rings (SSSR count). The van der Waals surface area contributed by atoms with E-state index in [1.165, 1.54) is 51.4 Å². The second kappa shape index (κ2) is 10.5. The molecule has 1 amide bonds. The molecule has 0 spiro atoms. The number of anilines is 1. The largest absolute Gasteiger partial charge is 0.378 e. The van der Waals surface area contributed by atoms with E-state index >= 15 is 0 Å². The molecule has 3 aliphatic rings. The van der Waals surface area contributed by atoms with Crippen molar-refractivity contribution in [1.29, 1.82) is 0 Å². The predicted molar refractivity (Wildman–Crippen MR) is 128 cm³/mol. The Morgan fingerprint density at radius 1 is 1.19 bits per heavy atom. The van der Waals surface area contributed by atoms with E-state index in [2.05, 4.69) is 20.1 Å². The van der Waals surface area contributed by atoms with E-state index < -0.39 is 6.17 Å². The predicted octanol–water partition coefficient (Wildman–Crippen LogP) is 3.21. The molecule has 3 fully saturated rings. The molecule has 3 unspecified atom stereocenters. The van der Waals surface area contributed by atoms with Gasteiger partial charge in [-0.2, -0.15) is 0 Å². The van der Waals surface area contributed by atoms with Crippen molar-refractivity contribution in [3.05, 3.63) is 23.4 Å². The van der Waals surface area contributed by atoms with Crippen molar-refractivity contribution in [2.24, 2.45) is 5.73 Å². The van der Waals surface area contributed by atoms with Gasteiger partial charge in [-0.3, -0.25) is 9.69 Å². The molecule has 0 bridgehead atoms. The second-order valence-corrected chi connectivity index (χ2v) is 10.0. The molecule has 0 aromatic carbocycles. The highest BCUT2D eigenvalue weighted by molar-refractivity contribution is 5.99. The van der Waals surface area contributed by atoms with Gasteiger partial charge in [-0.1, -0.05) is 25.7 Å². The highest BCUT2D eigenvalue weighted by atomic mass is 16.5. The monoisotopic (exact) mass is 443 g/mol. The first-order valence-electron chi connectivity index (χ1n) is 12.6. The number of aryl methyl sites for hydroxylation is 1. The molecule has 1 aliphatic heterocycles. The number of amides is 1. The number of ether oxygens (including phenoxy) is 1. The number of aromatic nitrogens is 1. The van der Waals surface area contributed by atoms with Gasteiger partial charge in [-0.15, -0.1) is 0 Å². The van der Waals surface area contributed by atoms with Crippen molar-refractivity contribution in [3.8, 4) is 0 Å². The summed E-state index contributed by atoms with van der Waals surface area (Å²) in [7, 11) is 1.84. The van der Waals surface area contributed by atoms with Gasteiger partial charge in [0.2, 0.25) is 0 Å². The standard InChI is InChI=1S/C25H41N5O2/c1-17-14-21(25(31)28-18(2)26)24(27-15-17)29-13-12-22(23(16-29)32-3)30(19-8-4-5-9-19)20-10-6-7-11-20/h14-15,18-20,22-23H,4-13,16,26H2,1-3H3,(H,28,31). The zero-order valence-corrected chi connectivity index (χ0v) is 20.1. The van der Waals surface area contributed by atoms with Crippen molar-refractivity contribution in [2.45, 2.75) is 102 Å². The summed E-state index contributed by atoms with van der Waals surface area (Å²) in [5.74, 6) is 0.573. The van der Waals surface area contributed by atoms with Crippen LogP contribution in [0.5, 0.6) is 0 Å². The quantitative estimate of drug-likeness (QED) is 0.630. The molecule has 1 saturated heterocycles. The van der Waals surface area contributed by atoms with Crippen LogP contribution in [0.1, 0.15) is 80.6 Å². The number of piperidine rings is 1. The number of rotatable bonds is 7. The first kappa shape index (κ1) is 23.5. The number of nitrogens with two attached hydrogens (primary N) is 1. The first-order chi connectivity index (χ1) is 15.5. The summed E-state index contributed by atoms with van der Waals surface area (Å²) in [4.78, 5) is 22.6. The number of carbonyl (C=O) groups is 1. The van der Waals surface area contributed by atoms with Crippen LogP contribution in [0, 0.1) is 6.92 Å². The van der Waals surface area contributed by atoms with Crippen molar-refractivity contribution in [3.63, 3.8) is 0 Å². The fourth-order valence-corrected chi connectivity index (χ4v) is 6.18. The van der Waals surface area contributed by atoms with Gasteiger partial charge in [-0.25, -0.2) is 4.98 Å². The van der Waals surface area contributed by atoms with Gasteiger partial charge < -0.3 is 20.7 Å². The summed E-state index contributed by atoms with van der Waals surface area (Å²) in [5.41, 5.74) is 7.38. The minimum absolute atomic E-state index is 0.109. The summed E-state index contributed by atoms with van der Waals surface area (Å²) in [6, 6.07) is 3.76. The van der Waals surface area contributed by atoms with Crippen LogP contribution in [0.3, 0.4) is 0 Å². The van der Waals surface area contributed by atoms with E-state index in [9.17, 15) is 4.79 Å². The van der Waals surface area contributed by atoms with Crippen LogP contribution in [-0.2, 0) is 4.74 Å². The summed E-state index contributed by atoms with van der Waals surface area (Å²) < 4.78 is 6.11. The van der Waals surface area contributed by atoms with E-state index in [-0.39, 0.29) is 12.0 Å². The van der Waals surface area contributed by atoms with Gasteiger partial charge in [0.05, 0.1) is 17.8 Å². The van der Waals surface area contributed by atoms with Gasteiger partial charge in [0, 0.05) is 44.5 Å². The third-order valence-corrected chi connectivity index (χ3v) is 7.61. The molecule has 1 aromatic rings. The van der Waals surface area contributed by atoms with E-state index in [1.807, 2.05) is 26.3 Å². The summed E-state index contributed by atoms with van der Waals surface area (Å²) in [6.07, 6.45) is 13.3. The number of methoxy groups -OCH3 is 1. The Morgan fingerprint density at radius 3 is 2.38 bits per heavy atom. The smallest absolute Gasteiger partial charge is 0.256 e. The molecule has 3 N–H and O–H groups in total. The van der Waals surface area contributed by atoms with Crippen LogP contribution >= 0.6 is 0 Å². The number of nitrogens with zero attached hydrogens (tertiary/aromatic N) is 3. The van der Waals surface area contributed by atoms with Gasteiger partial charge in [0.1, 0.15) is 5.82 Å². The van der Waals surface area contributed by atoms with Crippen molar-refractivity contribution in [2.75, 3.05) is 25.1 Å². The van der Waals surface area contributed by atoms with Gasteiger partial charge in [0.15, 0.2) is 0 Å². The Morgan fingerprint density at radius 2 is 1.81 bits per heavy atom. The van der Waals surface area contributed by atoms with Gasteiger partial charge in [0.25, 0.3) is 5.91 Å². The Kier molecular flexibility index (Phi) is 7.69. The van der Waals surface area contributed by atoms with Crippen LogP contribution in [0.2, 0.25) is 0 Å². The van der Waals surface area contributed by atoms with Gasteiger partial charge in [-0.05, 0) is 57.6 Å². The number of carbonyl (C=O) groups excluding carboxylic acids is 1. The molecule has 1 aromatic heterocycles. The third kappa shape index (κ3) is 5.10. The number of hydrogen-bond donors (Lipinski definition) is 2. The topological polar surface area (TPSA) is 83.7 Å². The number of nitrogens with one attached hydrogen (secondary N) is 1. The van der Waals surface area contributed by atoms with E-state index in [0.717, 1.165) is 30.9 Å². The first-order valence-corrected chi connectivity index (χ1v) is 12.6. The molecule has 32 heavy (non-hydrogen) atoms. The Labute approximate surface area is 193 Å². The lowest BCUT2D eigenvalue weighted by molar-refractivity contribution is -0.0320. The van der Waals surface area contributed by atoms with E-state index in [1.54, 1.807) is 6.92 Å². The zero-order valence-electron chi connectivity index (χ0n) is 20.1. The van der Waals surface area contributed by atoms with Crippen LogP contribution in [0.25, 0.3) is 0 Å². The number of hydrogen-bond acceptors (Lipinski definition) is 6. The van der Waals surface area contributed by atoms with Crippen LogP contribution < -0.4 is 16.0 Å². The lowest BCUT2D eigenvalue weighted by atomic mass is 9.94. The van der Waals surface area contributed by atoms with Gasteiger partial charge >= 0.3 is 0 Å². The Bertz CT molecular complexity index is 758. The zero-order chi connectivity index (χ0) is 22.7. The van der Waals surface area contributed by atoms with E-state index in [4.69, 9.17) is 10.5 Å². The number of pyridine rings is 1. The molecular formula is C25H41N5O2. The molecular weight excluding hydrogens is 402 g/mol. The molecule has 7 heteroatoms. The molecule has 2 saturated carbocycles. The Balaban J connectivity index is 1.55. The maximum absolute atomic E-state index is 12.8. The molecule has 0 radical (unpaired) electrons. The van der Waals surface area contributed by atoms with Crippen molar-refractivity contribution < 1.29 is 9.53 Å². The highest BCUT2D eigenvalue weighted by Crippen LogP contribution is 2.37. The van der Waals surface area contributed by atoms with Crippen molar-refractivity contribution >= 4 is 11.7 Å². The summed E-state index contributed by atoms with van der Waals surface area (Å²) >= 11 is 0. The highest BCUT2D eigenvalue weighted by Gasteiger charge is 2.42. The molecule has 3 atom stereocenters. The minimum Gasteiger partial charge on any atom is -0.378 e. The lowest BCUT2D eigenvalue weighted by Crippen LogP contribution is -2.59. The normalized spacial score (nSPS) is 26.1. The fraction of sp³-hybridized carbons (Fsp3) is 0.760. The summed E-state index contributed by atoms with van der Waals surface area (Å²) in [6.45, 7) is 5.37. The molecule has 178 valence electrons. The minimum atomic E-state index is -0.403. The SMILES string of the molecule is COC1CN(c2ncc(C)cc2C(=O)NC(C)N)CCC1N(C1CCCC1)C1CCCC1. The van der Waals surface area contributed by atoms with Crippen LogP contribution in [0.4, 0.5) is 5.82 Å². The maximum Gasteiger partial charge on any atom is 0.256 e. The Hall–Kier alpha value is -1.70. The lowest BCUT2D eigenvalue weighted by Gasteiger charge is -2.48. The van der Waals surface area contributed by atoms with Crippen molar-refractivity contribution in [1.82, 2.24) is 15.2 Å². The van der Waals surface area contributed by atoms with Crippen LogP contribution in [-0.4, -0.2) is 66.4 Å². The molecule has 2 heterocycles. The average Bonchev–Trinajstić information content (AvgIpc) is 3.49. The van der Waals surface area contributed by atoms with E-state index in [0.29, 0.717) is 23.7 Å². The third-order valence-electron chi connectivity index (χ3n) is 7.61. The average molecular weight is 444 g/mol. The molecule has 7 nitrogen and oxygen atoms in total. The summed E-state index contributed by atoms with van der Waals surface area (Å²) in [5, 5.41) is 2.82.